The van der Waals surface area contributed by atoms with Crippen molar-refractivity contribution in [2.75, 3.05) is 0 Å². The third kappa shape index (κ3) is 3.24. The summed E-state index contributed by atoms with van der Waals surface area (Å²) in [6, 6.07) is 15.5. The molecule has 1 heterocycles. The van der Waals surface area contributed by atoms with E-state index in [4.69, 9.17) is 4.74 Å². The van der Waals surface area contributed by atoms with E-state index in [1.54, 1.807) is 0 Å². The third-order valence-corrected chi connectivity index (χ3v) is 11.0. The number of hydrogen-bond acceptors (Lipinski definition) is 3. The van der Waals surface area contributed by atoms with E-state index in [0.29, 0.717) is 17.6 Å². The fraction of sp³-hybridized carbons (Fsp3) is 0.515. The molecule has 0 amide bonds. The van der Waals surface area contributed by atoms with Crippen LogP contribution in [0.15, 0.2) is 47.4 Å². The van der Waals surface area contributed by atoms with Gasteiger partial charge in [0.05, 0.1) is 4.90 Å². The average Bonchev–Trinajstić information content (AvgIpc) is 3.26. The van der Waals surface area contributed by atoms with E-state index in [2.05, 4.69) is 97.9 Å². The van der Waals surface area contributed by atoms with Gasteiger partial charge in [-0.1, -0.05) is 91.4 Å². The van der Waals surface area contributed by atoms with E-state index in [1.165, 1.54) is 28.7 Å². The number of hydrogen-bond donors (Lipinski definition) is 1. The molecule has 0 radical (unpaired) electrons. The van der Waals surface area contributed by atoms with Crippen molar-refractivity contribution in [3.05, 3.63) is 53.6 Å². The summed E-state index contributed by atoms with van der Waals surface area (Å²) in [6.07, 6.45) is 3.41. The molecule has 0 atom stereocenters. The molecule has 190 valence electrons. The van der Waals surface area contributed by atoms with Gasteiger partial charge in [-0.25, -0.2) is 0 Å². The van der Waals surface area contributed by atoms with E-state index in [1.807, 2.05) is 11.8 Å². The zero-order valence-electron chi connectivity index (χ0n) is 23.1. The molecule has 3 aromatic rings. The van der Waals surface area contributed by atoms with Gasteiger partial charge in [-0.05, 0) is 75.9 Å². The fourth-order valence-corrected chi connectivity index (χ4v) is 9.83. The van der Waals surface area contributed by atoms with Crippen LogP contribution >= 0.6 is 11.8 Å². The van der Waals surface area contributed by atoms with Crippen molar-refractivity contribution < 1.29 is 9.84 Å². The monoisotopic (exact) mass is 500 g/mol. The molecule has 2 aliphatic carbocycles. The maximum Gasteiger partial charge on any atom is 0.163 e. The van der Waals surface area contributed by atoms with Crippen LogP contribution in [0, 0.1) is 22.7 Å². The first-order valence-corrected chi connectivity index (χ1v) is 14.4. The number of aromatic hydroxyl groups is 1. The maximum atomic E-state index is 11.5. The predicted octanol–water partition coefficient (Wildman–Crippen LogP) is 9.54. The lowest BCUT2D eigenvalue weighted by Gasteiger charge is -2.51. The molecule has 1 spiro atoms. The van der Waals surface area contributed by atoms with Gasteiger partial charge in [0, 0.05) is 22.6 Å². The molecule has 1 N–H and O–H groups in total. The van der Waals surface area contributed by atoms with Crippen LogP contribution in [-0.4, -0.2) is 10.0 Å². The topological polar surface area (TPSA) is 29.5 Å². The van der Waals surface area contributed by atoms with Crippen LogP contribution in [0.3, 0.4) is 0 Å². The van der Waals surface area contributed by atoms with Gasteiger partial charge in [-0.2, -0.15) is 0 Å². The highest BCUT2D eigenvalue weighted by atomic mass is 32.2. The van der Waals surface area contributed by atoms with Crippen LogP contribution in [0.1, 0.15) is 85.8 Å². The minimum absolute atomic E-state index is 0.0862. The zero-order valence-corrected chi connectivity index (χ0v) is 23.9. The SMILES string of the molecule is CC(C)C1(C(C)C)Oc2cc3c4c(cc(O)c3cc2S1)C1(CC(C)(C)CC(C)(C)C1)c1ccccc1-4. The number of phenolic OH excluding ortho intramolecular Hbond substituents is 1. The summed E-state index contributed by atoms with van der Waals surface area (Å²) >= 11 is 1.83. The van der Waals surface area contributed by atoms with Gasteiger partial charge in [-0.3, -0.25) is 0 Å². The molecule has 1 fully saturated rings. The summed E-state index contributed by atoms with van der Waals surface area (Å²) in [4.78, 5) is 0.857. The van der Waals surface area contributed by atoms with Crippen LogP contribution in [0.4, 0.5) is 0 Å². The van der Waals surface area contributed by atoms with Crippen LogP contribution in [0.2, 0.25) is 0 Å². The molecule has 0 unspecified atom stereocenters. The molecular formula is C33H40O2S. The Morgan fingerprint density at radius 3 is 2.08 bits per heavy atom. The Balaban J connectivity index is 1.64. The molecule has 2 nitrogen and oxygen atoms in total. The lowest BCUT2D eigenvalue weighted by atomic mass is 9.52. The minimum atomic E-state index is -0.283. The number of ether oxygens (including phenoxy) is 1. The van der Waals surface area contributed by atoms with E-state index >= 15 is 0 Å². The largest absolute Gasteiger partial charge is 0.507 e. The van der Waals surface area contributed by atoms with Gasteiger partial charge in [-0.15, -0.1) is 0 Å². The zero-order chi connectivity index (χ0) is 25.8. The molecule has 1 saturated carbocycles. The van der Waals surface area contributed by atoms with Crippen LogP contribution in [0.25, 0.3) is 21.9 Å². The molecule has 0 aromatic heterocycles. The second-order valence-corrected chi connectivity index (χ2v) is 15.2. The molecule has 1 aliphatic heterocycles. The first kappa shape index (κ1) is 24.2. The third-order valence-electron chi connectivity index (χ3n) is 9.07. The van der Waals surface area contributed by atoms with Crippen LogP contribution in [-0.2, 0) is 5.41 Å². The van der Waals surface area contributed by atoms with Crippen molar-refractivity contribution in [2.24, 2.45) is 22.7 Å². The Bertz CT molecular complexity index is 1370. The highest BCUT2D eigenvalue weighted by molar-refractivity contribution is 8.01. The van der Waals surface area contributed by atoms with Gasteiger partial charge < -0.3 is 9.84 Å². The number of phenols is 1. The summed E-state index contributed by atoms with van der Waals surface area (Å²) in [7, 11) is 0. The summed E-state index contributed by atoms with van der Waals surface area (Å²) in [5, 5.41) is 13.6. The standard InChI is InChI=1S/C33H40O2S/c1-19(2)33(20(3)4)35-27-13-23-22(14-28(27)36-33)26(34)15-25-29(23)21-11-9-10-12-24(21)32(25)17-30(5,6)16-31(7,8)18-32/h9-15,19-20,34H,16-18H2,1-8H3. The van der Waals surface area contributed by atoms with Crippen LogP contribution in [0.5, 0.6) is 11.5 Å². The molecule has 6 rings (SSSR count). The van der Waals surface area contributed by atoms with E-state index < -0.39 is 0 Å². The number of fused-ring (bicyclic) bond motifs is 8. The maximum absolute atomic E-state index is 11.5. The summed E-state index contributed by atoms with van der Waals surface area (Å²) < 4.78 is 6.80. The smallest absolute Gasteiger partial charge is 0.163 e. The normalized spacial score (nSPS) is 22.1. The Kier molecular flexibility index (Phi) is 5.02. The van der Waals surface area contributed by atoms with Gasteiger partial charge in [0.1, 0.15) is 11.5 Å². The first-order valence-electron chi connectivity index (χ1n) is 13.6. The second-order valence-electron chi connectivity index (χ2n) is 13.9. The van der Waals surface area contributed by atoms with E-state index in [-0.39, 0.29) is 21.2 Å². The fourth-order valence-electron chi connectivity index (χ4n) is 8.50. The predicted molar refractivity (Wildman–Crippen MR) is 152 cm³/mol. The molecular weight excluding hydrogens is 460 g/mol. The molecule has 0 saturated heterocycles. The Morgan fingerprint density at radius 2 is 1.44 bits per heavy atom. The average molecular weight is 501 g/mol. The highest BCUT2D eigenvalue weighted by Gasteiger charge is 2.54. The Hall–Kier alpha value is -2.13. The lowest BCUT2D eigenvalue weighted by molar-refractivity contribution is 0.0645. The van der Waals surface area contributed by atoms with E-state index in [9.17, 15) is 5.11 Å². The van der Waals surface area contributed by atoms with Crippen molar-refractivity contribution >= 4 is 22.5 Å². The highest BCUT2D eigenvalue weighted by Crippen LogP contribution is 2.65. The Morgan fingerprint density at radius 1 is 0.806 bits per heavy atom. The van der Waals surface area contributed by atoms with Crippen molar-refractivity contribution in [3.63, 3.8) is 0 Å². The molecule has 36 heavy (non-hydrogen) atoms. The second kappa shape index (κ2) is 7.47. The molecule has 3 aromatic carbocycles. The molecule has 0 bridgehead atoms. The quantitative estimate of drug-likeness (QED) is 0.380. The lowest BCUT2D eigenvalue weighted by Crippen LogP contribution is -2.43. The van der Waals surface area contributed by atoms with Gasteiger partial charge >= 0.3 is 0 Å². The Labute approximate surface area is 220 Å². The van der Waals surface area contributed by atoms with Crippen molar-refractivity contribution in [1.82, 2.24) is 0 Å². The van der Waals surface area contributed by atoms with E-state index in [0.717, 1.165) is 34.3 Å². The van der Waals surface area contributed by atoms with Crippen molar-refractivity contribution in [3.8, 4) is 22.6 Å². The van der Waals surface area contributed by atoms with Crippen molar-refractivity contribution in [2.45, 2.75) is 89.9 Å². The van der Waals surface area contributed by atoms with Gasteiger partial charge in [0.2, 0.25) is 0 Å². The number of benzene rings is 3. The molecule has 3 aliphatic rings. The minimum Gasteiger partial charge on any atom is -0.507 e. The van der Waals surface area contributed by atoms with Crippen LogP contribution < -0.4 is 4.74 Å². The summed E-state index contributed by atoms with van der Waals surface area (Å²) in [6.45, 7) is 18.7. The summed E-state index contributed by atoms with van der Waals surface area (Å²) in [5.74, 6) is 2.10. The van der Waals surface area contributed by atoms with Gasteiger partial charge in [0.25, 0.3) is 0 Å². The molecule has 3 heteroatoms. The van der Waals surface area contributed by atoms with Crippen molar-refractivity contribution in [1.29, 1.82) is 0 Å². The summed E-state index contributed by atoms with van der Waals surface area (Å²) in [5.41, 5.74) is 5.71. The number of rotatable bonds is 2. The van der Waals surface area contributed by atoms with Gasteiger partial charge in [0.15, 0.2) is 4.93 Å². The number of thioether (sulfide) groups is 1. The first-order chi connectivity index (χ1) is 16.8.